The van der Waals surface area contributed by atoms with Gasteiger partial charge in [0.1, 0.15) is 11.3 Å². The molecule has 42 heavy (non-hydrogen) atoms. The summed E-state index contributed by atoms with van der Waals surface area (Å²) in [5, 5.41) is 4.16. The summed E-state index contributed by atoms with van der Waals surface area (Å²) < 4.78 is 45.5. The molecule has 1 saturated heterocycles. The summed E-state index contributed by atoms with van der Waals surface area (Å²) in [6.07, 6.45) is 4.16. The lowest BCUT2D eigenvalue weighted by Gasteiger charge is -2.26. The topological polar surface area (TPSA) is 140 Å². The summed E-state index contributed by atoms with van der Waals surface area (Å²) in [6, 6.07) is 7.10. The molecule has 0 aliphatic carbocycles. The van der Waals surface area contributed by atoms with Crippen molar-refractivity contribution in [2.24, 2.45) is 4.99 Å². The van der Waals surface area contributed by atoms with Crippen LogP contribution in [0.2, 0.25) is 0 Å². The van der Waals surface area contributed by atoms with Crippen LogP contribution in [-0.4, -0.2) is 111 Å². The Hall–Kier alpha value is -3.59. The van der Waals surface area contributed by atoms with E-state index in [1.807, 2.05) is 16.7 Å². The number of hydrogen-bond donors (Lipinski definition) is 1. The number of aromatic nitrogens is 3. The predicted octanol–water partition coefficient (Wildman–Crippen LogP) is 1.36. The smallest absolute Gasteiger partial charge is 0.281 e. The number of nitrogens with one attached hydrogen (secondary N) is 1. The van der Waals surface area contributed by atoms with E-state index in [4.69, 9.17) is 19.2 Å². The molecule has 5 rings (SSSR count). The fourth-order valence-corrected chi connectivity index (χ4v) is 5.67. The van der Waals surface area contributed by atoms with Gasteiger partial charge < -0.3 is 19.5 Å². The average Bonchev–Trinajstić information content (AvgIpc) is 3.50. The average molecular weight is 600 g/mol. The van der Waals surface area contributed by atoms with Crippen molar-refractivity contribution in [3.05, 3.63) is 47.8 Å². The van der Waals surface area contributed by atoms with Crippen LogP contribution in [0.1, 0.15) is 23.2 Å². The number of fused-ring (bicyclic) bond motifs is 3. The molecule has 2 aliphatic rings. The van der Waals surface area contributed by atoms with Gasteiger partial charge in [-0.25, -0.2) is 17.7 Å². The zero-order valence-electron chi connectivity index (χ0n) is 24.0. The van der Waals surface area contributed by atoms with Crippen LogP contribution in [0.3, 0.4) is 0 Å². The minimum atomic E-state index is -3.37. The Balaban J connectivity index is 1.46. The Morgan fingerprint density at radius 1 is 1.12 bits per heavy atom. The minimum absolute atomic E-state index is 0.0546. The summed E-state index contributed by atoms with van der Waals surface area (Å²) in [7, 11) is -0.345. The summed E-state index contributed by atoms with van der Waals surface area (Å²) in [5.74, 6) is 1.16. The number of morpholine rings is 1. The van der Waals surface area contributed by atoms with Gasteiger partial charge in [0.2, 0.25) is 15.6 Å². The summed E-state index contributed by atoms with van der Waals surface area (Å²) in [6.45, 7) is 6.03. The Morgan fingerprint density at radius 2 is 1.93 bits per heavy atom. The summed E-state index contributed by atoms with van der Waals surface area (Å²) in [5.41, 5.74) is 1.08. The van der Waals surface area contributed by atoms with Gasteiger partial charge in [-0.2, -0.15) is 4.99 Å². The van der Waals surface area contributed by atoms with E-state index in [1.165, 1.54) is 24.6 Å². The van der Waals surface area contributed by atoms with Crippen LogP contribution in [-0.2, 0) is 21.3 Å². The fourth-order valence-electron chi connectivity index (χ4n) is 4.83. The fraction of sp³-hybridized carbons (Fsp3) is 0.500. The van der Waals surface area contributed by atoms with Crippen LogP contribution in [0.25, 0.3) is 10.9 Å². The van der Waals surface area contributed by atoms with E-state index in [0.717, 1.165) is 50.5 Å². The third kappa shape index (κ3) is 7.06. The molecule has 1 fully saturated rings. The number of hydrogen-bond acceptors (Lipinski definition) is 10. The highest BCUT2D eigenvalue weighted by atomic mass is 32.2. The SMILES string of the molecule is CN(C)S(=O)(=O)CCCOc1c(OCCCN2CCOCC2)ccc2c3n(c(=NC(=O)c4cccnc4)nc12)CCN3. The number of ether oxygens (including phenoxy) is 3. The molecule has 0 radical (unpaired) electrons. The number of anilines is 1. The first-order chi connectivity index (χ1) is 20.3. The van der Waals surface area contributed by atoms with Gasteiger partial charge in [0.05, 0.1) is 37.7 Å². The van der Waals surface area contributed by atoms with Crippen molar-refractivity contribution in [3.63, 3.8) is 0 Å². The van der Waals surface area contributed by atoms with Gasteiger partial charge in [0.15, 0.2) is 11.5 Å². The highest BCUT2D eigenvalue weighted by Gasteiger charge is 2.22. The molecule has 0 spiro atoms. The first-order valence-corrected chi connectivity index (χ1v) is 15.7. The first kappa shape index (κ1) is 29.9. The van der Waals surface area contributed by atoms with Crippen molar-refractivity contribution >= 4 is 32.7 Å². The molecule has 226 valence electrons. The van der Waals surface area contributed by atoms with Crippen molar-refractivity contribution in [1.29, 1.82) is 0 Å². The predicted molar refractivity (Wildman–Crippen MR) is 157 cm³/mol. The molecule has 1 aromatic carbocycles. The Bertz CT molecular complexity index is 1570. The zero-order chi connectivity index (χ0) is 29.5. The monoisotopic (exact) mass is 599 g/mol. The van der Waals surface area contributed by atoms with Crippen LogP contribution in [0.4, 0.5) is 5.82 Å². The van der Waals surface area contributed by atoms with E-state index < -0.39 is 15.9 Å². The molecule has 3 aromatic rings. The van der Waals surface area contributed by atoms with E-state index in [0.29, 0.717) is 42.3 Å². The lowest BCUT2D eigenvalue weighted by molar-refractivity contribution is 0.0357. The molecule has 0 atom stereocenters. The molecule has 4 heterocycles. The van der Waals surface area contributed by atoms with Crippen molar-refractivity contribution < 1.29 is 27.4 Å². The molecule has 2 aliphatic heterocycles. The number of sulfonamides is 1. The van der Waals surface area contributed by atoms with Crippen LogP contribution < -0.4 is 20.4 Å². The second-order valence-corrected chi connectivity index (χ2v) is 12.5. The Kier molecular flexibility index (Phi) is 9.67. The van der Waals surface area contributed by atoms with Crippen LogP contribution in [0.5, 0.6) is 11.5 Å². The third-order valence-electron chi connectivity index (χ3n) is 7.14. The molecule has 1 amide bonds. The largest absolute Gasteiger partial charge is 0.490 e. The molecule has 0 unspecified atom stereocenters. The quantitative estimate of drug-likeness (QED) is 0.304. The van der Waals surface area contributed by atoms with Crippen molar-refractivity contribution in [2.75, 3.05) is 77.8 Å². The highest BCUT2D eigenvalue weighted by Crippen LogP contribution is 2.37. The second-order valence-electron chi connectivity index (χ2n) is 10.2. The van der Waals surface area contributed by atoms with Gasteiger partial charge in [0.25, 0.3) is 5.91 Å². The van der Waals surface area contributed by atoms with Crippen LogP contribution in [0.15, 0.2) is 41.7 Å². The molecule has 0 saturated carbocycles. The van der Waals surface area contributed by atoms with E-state index in [2.05, 4.69) is 20.2 Å². The standard InChI is InChI=1S/C28H37N7O6S/c1-33(2)42(37,38)19-5-16-41-25-23(40-15-4-11-34-13-17-39-18-14-34)8-7-22-24(25)31-28(35-12-10-30-26(22)35)32-27(36)21-6-3-9-29-20-21/h3,6-9,20,30H,4-5,10-19H2,1-2H3. The molecule has 1 N–H and O–H groups in total. The summed E-state index contributed by atoms with van der Waals surface area (Å²) >= 11 is 0. The lowest BCUT2D eigenvalue weighted by Crippen LogP contribution is -2.37. The molecule has 2 aromatic heterocycles. The Morgan fingerprint density at radius 3 is 2.69 bits per heavy atom. The normalized spacial score (nSPS) is 16.0. The molecular formula is C28H37N7O6S. The highest BCUT2D eigenvalue weighted by molar-refractivity contribution is 7.89. The second kappa shape index (κ2) is 13.6. The molecule has 0 bridgehead atoms. The van der Waals surface area contributed by atoms with Gasteiger partial charge in [-0.1, -0.05) is 0 Å². The van der Waals surface area contributed by atoms with Gasteiger partial charge in [-0.3, -0.25) is 19.2 Å². The Labute approximate surface area is 245 Å². The van der Waals surface area contributed by atoms with Crippen LogP contribution >= 0.6 is 0 Å². The number of nitrogens with zero attached hydrogens (tertiary/aromatic N) is 6. The maximum absolute atomic E-state index is 13.0. The number of amides is 1. The molecular weight excluding hydrogens is 562 g/mol. The number of pyridine rings is 1. The number of benzene rings is 1. The molecule has 13 nitrogen and oxygen atoms in total. The maximum Gasteiger partial charge on any atom is 0.281 e. The molecule has 14 heteroatoms. The maximum atomic E-state index is 13.0. The van der Waals surface area contributed by atoms with Crippen molar-refractivity contribution in [2.45, 2.75) is 19.4 Å². The summed E-state index contributed by atoms with van der Waals surface area (Å²) in [4.78, 5) is 28.4. The van der Waals surface area contributed by atoms with Crippen LogP contribution in [0, 0.1) is 0 Å². The first-order valence-electron chi connectivity index (χ1n) is 14.1. The van der Waals surface area contributed by atoms with E-state index >= 15 is 0 Å². The number of carbonyl (C=O) groups excluding carboxylic acids is 1. The minimum Gasteiger partial charge on any atom is -0.490 e. The lowest BCUT2D eigenvalue weighted by atomic mass is 10.2. The zero-order valence-corrected chi connectivity index (χ0v) is 24.8. The van der Waals surface area contributed by atoms with E-state index in [-0.39, 0.29) is 24.4 Å². The van der Waals surface area contributed by atoms with Gasteiger partial charge in [-0.05, 0) is 37.1 Å². The van der Waals surface area contributed by atoms with E-state index in [9.17, 15) is 13.2 Å². The van der Waals surface area contributed by atoms with Crippen molar-refractivity contribution in [3.8, 4) is 11.5 Å². The van der Waals surface area contributed by atoms with Gasteiger partial charge in [0, 0.05) is 64.6 Å². The number of carbonyl (C=O) groups is 1. The van der Waals surface area contributed by atoms with Gasteiger partial charge in [-0.15, -0.1) is 0 Å². The number of rotatable bonds is 12. The van der Waals surface area contributed by atoms with E-state index in [1.54, 1.807) is 18.3 Å². The van der Waals surface area contributed by atoms with Crippen molar-refractivity contribution in [1.82, 2.24) is 23.7 Å². The third-order valence-corrected chi connectivity index (χ3v) is 9.06. The van der Waals surface area contributed by atoms with Gasteiger partial charge >= 0.3 is 0 Å².